The summed E-state index contributed by atoms with van der Waals surface area (Å²) >= 11 is 11.6. The average Bonchev–Trinajstić information content (AvgIpc) is 2.39. The molecule has 1 heterocycles. The van der Waals surface area contributed by atoms with Crippen LogP contribution in [0.25, 0.3) is 0 Å². The fraction of sp³-hybridized carbons (Fsp3) is 0.231. The first-order valence-electron chi connectivity index (χ1n) is 5.66. The first-order chi connectivity index (χ1) is 8.99. The fourth-order valence-corrected chi connectivity index (χ4v) is 1.96. The van der Waals surface area contributed by atoms with Crippen molar-refractivity contribution in [2.24, 2.45) is 0 Å². The predicted octanol–water partition coefficient (Wildman–Crippen LogP) is 4.15. The Morgan fingerprint density at radius 3 is 2.58 bits per heavy atom. The van der Waals surface area contributed by atoms with Crippen molar-refractivity contribution in [3.63, 3.8) is 0 Å². The van der Waals surface area contributed by atoms with Gasteiger partial charge in [0.25, 0.3) is 0 Å². The van der Waals surface area contributed by atoms with Gasteiger partial charge >= 0.3 is 0 Å². The Morgan fingerprint density at radius 2 is 1.89 bits per heavy atom. The molecule has 0 unspecified atom stereocenters. The minimum atomic E-state index is -0.427. The second-order valence-corrected chi connectivity index (χ2v) is 4.96. The highest BCUT2D eigenvalue weighted by atomic mass is 35.5. The third kappa shape index (κ3) is 3.14. The van der Waals surface area contributed by atoms with Gasteiger partial charge in [-0.1, -0.05) is 29.3 Å². The van der Waals surface area contributed by atoms with Gasteiger partial charge in [-0.15, -0.1) is 10.2 Å². The van der Waals surface area contributed by atoms with E-state index in [9.17, 15) is 4.39 Å². The molecule has 0 bridgehead atoms. The second-order valence-electron chi connectivity index (χ2n) is 4.19. The summed E-state index contributed by atoms with van der Waals surface area (Å²) in [5, 5.41) is 11.5. The van der Waals surface area contributed by atoms with Crippen LogP contribution in [0.5, 0.6) is 0 Å². The van der Waals surface area contributed by atoms with Gasteiger partial charge < -0.3 is 5.32 Å². The molecule has 1 aromatic carbocycles. The zero-order chi connectivity index (χ0) is 14.0. The smallest absolute Gasteiger partial charge is 0.155 e. The Morgan fingerprint density at radius 1 is 1.16 bits per heavy atom. The number of nitrogens with one attached hydrogen (secondary N) is 1. The number of hydrogen-bond donors (Lipinski definition) is 1. The van der Waals surface area contributed by atoms with Crippen molar-refractivity contribution in [1.82, 2.24) is 10.2 Å². The van der Waals surface area contributed by atoms with E-state index in [0.717, 1.165) is 16.7 Å². The molecule has 0 amide bonds. The number of hydrogen-bond acceptors (Lipinski definition) is 3. The summed E-state index contributed by atoms with van der Waals surface area (Å²) in [6.07, 6.45) is 0. The second kappa shape index (κ2) is 5.72. The molecule has 6 heteroatoms. The summed E-state index contributed by atoms with van der Waals surface area (Å²) in [5.74, 6) is 0.228. The van der Waals surface area contributed by atoms with Crippen LogP contribution in [0.3, 0.4) is 0 Å². The van der Waals surface area contributed by atoms with Gasteiger partial charge in [0.05, 0.1) is 5.02 Å². The highest BCUT2D eigenvalue weighted by Crippen LogP contribution is 2.22. The van der Waals surface area contributed by atoms with Gasteiger partial charge in [0, 0.05) is 6.54 Å². The van der Waals surface area contributed by atoms with Crippen LogP contribution in [0, 0.1) is 19.7 Å². The monoisotopic (exact) mass is 299 g/mol. The normalized spacial score (nSPS) is 10.6. The van der Waals surface area contributed by atoms with Crippen molar-refractivity contribution in [1.29, 1.82) is 0 Å². The molecule has 3 nitrogen and oxygen atoms in total. The Kier molecular flexibility index (Phi) is 4.22. The van der Waals surface area contributed by atoms with E-state index >= 15 is 0 Å². The lowest BCUT2D eigenvalue weighted by Gasteiger charge is -2.10. The van der Waals surface area contributed by atoms with Crippen LogP contribution in [-0.2, 0) is 6.54 Å². The van der Waals surface area contributed by atoms with Gasteiger partial charge in [0.1, 0.15) is 5.82 Å². The van der Waals surface area contributed by atoms with Crippen LogP contribution in [0.15, 0.2) is 18.2 Å². The van der Waals surface area contributed by atoms with E-state index in [-0.39, 0.29) is 5.02 Å². The Balaban J connectivity index is 2.14. The van der Waals surface area contributed by atoms with E-state index in [2.05, 4.69) is 15.5 Å². The molecule has 1 aromatic heterocycles. The fourth-order valence-electron chi connectivity index (χ4n) is 1.58. The zero-order valence-corrected chi connectivity index (χ0v) is 12.0. The Labute approximate surface area is 120 Å². The molecule has 0 atom stereocenters. The third-order valence-electron chi connectivity index (χ3n) is 2.91. The average molecular weight is 300 g/mol. The maximum Gasteiger partial charge on any atom is 0.155 e. The number of nitrogens with zero attached hydrogens (tertiary/aromatic N) is 2. The molecule has 0 fully saturated rings. The highest BCUT2D eigenvalue weighted by Gasteiger charge is 2.08. The van der Waals surface area contributed by atoms with Gasteiger partial charge in [-0.25, -0.2) is 4.39 Å². The van der Waals surface area contributed by atoms with Gasteiger partial charge in [0.15, 0.2) is 11.0 Å². The van der Waals surface area contributed by atoms with Gasteiger partial charge in [0.2, 0.25) is 0 Å². The highest BCUT2D eigenvalue weighted by molar-refractivity contribution is 6.30. The molecule has 0 saturated carbocycles. The standard InChI is InChI=1S/C13H12Cl2FN3/c1-7-8(2)13(19-18-12(7)15)17-6-9-3-4-11(16)10(14)5-9/h3-5H,6H2,1-2H3,(H,17,19). The zero-order valence-electron chi connectivity index (χ0n) is 10.5. The van der Waals surface area contributed by atoms with E-state index in [1.54, 1.807) is 12.1 Å². The molecule has 0 aliphatic heterocycles. The SMILES string of the molecule is Cc1c(Cl)nnc(NCc2ccc(F)c(Cl)c2)c1C. The van der Waals surface area contributed by atoms with Crippen molar-refractivity contribution in [3.8, 4) is 0 Å². The summed E-state index contributed by atoms with van der Waals surface area (Å²) in [4.78, 5) is 0. The number of benzene rings is 1. The van der Waals surface area contributed by atoms with Crippen LogP contribution < -0.4 is 5.32 Å². The first kappa shape index (κ1) is 14.0. The number of anilines is 1. The van der Waals surface area contributed by atoms with Crippen LogP contribution >= 0.6 is 23.2 Å². The van der Waals surface area contributed by atoms with Crippen LogP contribution in [0.4, 0.5) is 10.2 Å². The summed E-state index contributed by atoms with van der Waals surface area (Å²) in [6, 6.07) is 4.58. The lowest BCUT2D eigenvalue weighted by Crippen LogP contribution is -2.06. The van der Waals surface area contributed by atoms with Gasteiger partial charge in [-0.3, -0.25) is 0 Å². The van der Waals surface area contributed by atoms with Crippen molar-refractivity contribution >= 4 is 29.0 Å². The third-order valence-corrected chi connectivity index (χ3v) is 3.56. The van der Waals surface area contributed by atoms with Gasteiger partial charge in [-0.2, -0.15) is 0 Å². The summed E-state index contributed by atoms with van der Waals surface area (Å²) in [6.45, 7) is 4.28. The van der Waals surface area contributed by atoms with Crippen LogP contribution in [-0.4, -0.2) is 10.2 Å². The van der Waals surface area contributed by atoms with Crippen molar-refractivity contribution in [3.05, 3.63) is 50.9 Å². The van der Waals surface area contributed by atoms with Crippen LogP contribution in [0.2, 0.25) is 10.2 Å². The summed E-state index contributed by atoms with van der Waals surface area (Å²) < 4.78 is 13.0. The van der Waals surface area contributed by atoms with E-state index in [0.29, 0.717) is 17.5 Å². The predicted molar refractivity (Wildman–Crippen MR) is 75.3 cm³/mol. The summed E-state index contributed by atoms with van der Waals surface area (Å²) in [7, 11) is 0. The molecule has 2 aromatic rings. The van der Waals surface area contributed by atoms with E-state index < -0.39 is 5.82 Å². The molecular formula is C13H12Cl2FN3. The molecule has 19 heavy (non-hydrogen) atoms. The van der Waals surface area contributed by atoms with E-state index in [4.69, 9.17) is 23.2 Å². The molecule has 1 N–H and O–H groups in total. The quantitative estimate of drug-likeness (QED) is 0.925. The first-order valence-corrected chi connectivity index (χ1v) is 6.42. The van der Waals surface area contributed by atoms with Crippen LogP contribution in [0.1, 0.15) is 16.7 Å². The number of aromatic nitrogens is 2. The molecule has 0 radical (unpaired) electrons. The molecule has 2 rings (SSSR count). The Hall–Kier alpha value is -1.39. The summed E-state index contributed by atoms with van der Waals surface area (Å²) in [5.41, 5.74) is 2.68. The largest absolute Gasteiger partial charge is 0.364 e. The molecule has 100 valence electrons. The minimum absolute atomic E-state index is 0.106. The van der Waals surface area contributed by atoms with Crippen molar-refractivity contribution in [2.75, 3.05) is 5.32 Å². The van der Waals surface area contributed by atoms with Crippen molar-refractivity contribution in [2.45, 2.75) is 20.4 Å². The van der Waals surface area contributed by atoms with E-state index in [1.807, 2.05) is 13.8 Å². The molecule has 0 aliphatic carbocycles. The lowest BCUT2D eigenvalue weighted by molar-refractivity contribution is 0.627. The number of rotatable bonds is 3. The molecule has 0 aliphatic rings. The van der Waals surface area contributed by atoms with E-state index in [1.165, 1.54) is 6.07 Å². The van der Waals surface area contributed by atoms with Gasteiger partial charge in [-0.05, 0) is 42.7 Å². The Bertz CT molecular complexity index is 617. The molecular weight excluding hydrogens is 288 g/mol. The topological polar surface area (TPSA) is 37.8 Å². The number of halogens is 3. The van der Waals surface area contributed by atoms with Crippen molar-refractivity contribution < 1.29 is 4.39 Å². The molecule has 0 saturated heterocycles. The molecule has 0 spiro atoms. The lowest BCUT2D eigenvalue weighted by atomic mass is 10.2. The maximum absolute atomic E-state index is 13.0. The minimum Gasteiger partial charge on any atom is -0.364 e. The maximum atomic E-state index is 13.0.